The lowest BCUT2D eigenvalue weighted by atomic mass is 10.1. The Hall–Kier alpha value is -2.10. The molecule has 98 valence electrons. The zero-order valence-corrected chi connectivity index (χ0v) is 11.2. The number of nitrogens with zero attached hydrogens (tertiary/aromatic N) is 2. The number of nitrogens with two attached hydrogens (primary N) is 1. The Labute approximate surface area is 112 Å². The first-order valence-corrected chi connectivity index (χ1v) is 6.47. The van der Waals surface area contributed by atoms with Gasteiger partial charge >= 0.3 is 0 Å². The fourth-order valence-corrected chi connectivity index (χ4v) is 2.18. The van der Waals surface area contributed by atoms with Crippen molar-refractivity contribution in [3.63, 3.8) is 0 Å². The highest BCUT2D eigenvalue weighted by molar-refractivity contribution is 5.66. The monoisotopic (exact) mass is 255 g/mol. The fraction of sp³-hybridized carbons (Fsp3) is 0.333. The van der Waals surface area contributed by atoms with E-state index in [4.69, 9.17) is 10.5 Å². The van der Waals surface area contributed by atoms with Gasteiger partial charge < -0.3 is 10.5 Å². The maximum absolute atomic E-state index is 5.89. The van der Waals surface area contributed by atoms with E-state index < -0.39 is 0 Å². The molecule has 0 bridgehead atoms. The van der Waals surface area contributed by atoms with E-state index in [1.807, 2.05) is 31.2 Å². The fourth-order valence-electron chi connectivity index (χ4n) is 2.18. The van der Waals surface area contributed by atoms with Crippen LogP contribution in [0.3, 0.4) is 0 Å². The molecule has 1 aliphatic carbocycles. The predicted octanol–water partition coefficient (Wildman–Crippen LogP) is 2.92. The number of aromatic nitrogens is 2. The van der Waals surface area contributed by atoms with Crippen LogP contribution in [0.4, 0.5) is 5.82 Å². The second kappa shape index (κ2) is 4.53. The molecule has 0 unspecified atom stereocenters. The molecule has 4 nitrogen and oxygen atoms in total. The first kappa shape index (κ1) is 12.0. The van der Waals surface area contributed by atoms with Crippen LogP contribution in [0.2, 0.25) is 0 Å². The van der Waals surface area contributed by atoms with E-state index in [-0.39, 0.29) is 0 Å². The lowest BCUT2D eigenvalue weighted by Gasteiger charge is -2.10. The van der Waals surface area contributed by atoms with Crippen LogP contribution in [-0.2, 0) is 0 Å². The summed E-state index contributed by atoms with van der Waals surface area (Å²) in [6.45, 7) is 2.03. The third kappa shape index (κ3) is 2.38. The van der Waals surface area contributed by atoms with Crippen molar-refractivity contribution in [2.75, 3.05) is 12.8 Å². The number of methoxy groups -OCH3 is 1. The van der Waals surface area contributed by atoms with E-state index in [2.05, 4.69) is 9.97 Å². The SMILES string of the molecule is COc1cc(C)ccc1-c1nc(N)cc(C2CC2)n1. The molecular weight excluding hydrogens is 238 g/mol. The van der Waals surface area contributed by atoms with E-state index in [1.54, 1.807) is 7.11 Å². The molecule has 0 aliphatic heterocycles. The molecule has 1 aliphatic rings. The van der Waals surface area contributed by atoms with E-state index in [9.17, 15) is 0 Å². The standard InChI is InChI=1S/C15H17N3O/c1-9-3-6-11(13(7-9)19-2)15-17-12(10-4-5-10)8-14(16)18-15/h3,6-8,10H,4-5H2,1-2H3,(H2,16,17,18). The first-order valence-electron chi connectivity index (χ1n) is 6.47. The molecule has 19 heavy (non-hydrogen) atoms. The van der Waals surface area contributed by atoms with Crippen LogP contribution in [-0.4, -0.2) is 17.1 Å². The number of hydrogen-bond acceptors (Lipinski definition) is 4. The Morgan fingerprint density at radius 3 is 2.68 bits per heavy atom. The average Bonchev–Trinajstić information content (AvgIpc) is 3.22. The average molecular weight is 255 g/mol. The minimum atomic E-state index is 0.523. The summed E-state index contributed by atoms with van der Waals surface area (Å²) in [5.74, 6) is 2.51. The van der Waals surface area contributed by atoms with Gasteiger partial charge in [-0.05, 0) is 37.5 Å². The van der Waals surface area contributed by atoms with Crippen molar-refractivity contribution in [1.82, 2.24) is 9.97 Å². The highest BCUT2D eigenvalue weighted by Crippen LogP contribution is 2.40. The number of hydrogen-bond donors (Lipinski definition) is 1. The topological polar surface area (TPSA) is 61.0 Å². The first-order chi connectivity index (χ1) is 9.17. The molecule has 1 fully saturated rings. The number of anilines is 1. The summed E-state index contributed by atoms with van der Waals surface area (Å²) in [6, 6.07) is 7.88. The molecule has 0 saturated heterocycles. The molecule has 1 saturated carbocycles. The van der Waals surface area contributed by atoms with Crippen LogP contribution in [0.15, 0.2) is 24.3 Å². The van der Waals surface area contributed by atoms with Crippen molar-refractivity contribution in [3.05, 3.63) is 35.5 Å². The summed E-state index contributed by atoms with van der Waals surface area (Å²) >= 11 is 0. The van der Waals surface area contributed by atoms with Gasteiger partial charge in [-0.1, -0.05) is 6.07 Å². The highest BCUT2D eigenvalue weighted by atomic mass is 16.5. The molecule has 0 radical (unpaired) electrons. The molecule has 0 atom stereocenters. The quantitative estimate of drug-likeness (QED) is 0.916. The third-order valence-corrected chi connectivity index (χ3v) is 3.36. The van der Waals surface area contributed by atoms with Crippen LogP contribution < -0.4 is 10.5 Å². The molecule has 0 amide bonds. The summed E-state index contributed by atoms with van der Waals surface area (Å²) < 4.78 is 5.42. The van der Waals surface area contributed by atoms with Crippen LogP contribution >= 0.6 is 0 Å². The number of aryl methyl sites for hydroxylation is 1. The molecule has 4 heteroatoms. The summed E-state index contributed by atoms with van der Waals surface area (Å²) in [4.78, 5) is 8.97. The number of rotatable bonds is 3. The van der Waals surface area contributed by atoms with Gasteiger partial charge in [0, 0.05) is 17.7 Å². The Kier molecular flexibility index (Phi) is 2.85. The maximum Gasteiger partial charge on any atom is 0.165 e. The summed E-state index contributed by atoms with van der Waals surface area (Å²) in [6.07, 6.45) is 2.39. The molecule has 3 rings (SSSR count). The minimum absolute atomic E-state index is 0.523. The van der Waals surface area contributed by atoms with Crippen molar-refractivity contribution >= 4 is 5.82 Å². The summed E-state index contributed by atoms with van der Waals surface area (Å²) in [5.41, 5.74) is 8.97. The Bertz CT molecular complexity index is 621. The van der Waals surface area contributed by atoms with Crippen molar-refractivity contribution in [2.24, 2.45) is 0 Å². The minimum Gasteiger partial charge on any atom is -0.496 e. The molecule has 1 heterocycles. The zero-order valence-electron chi connectivity index (χ0n) is 11.2. The van der Waals surface area contributed by atoms with E-state index in [0.29, 0.717) is 17.6 Å². The van der Waals surface area contributed by atoms with Crippen molar-refractivity contribution in [2.45, 2.75) is 25.7 Å². The van der Waals surface area contributed by atoms with Gasteiger partial charge in [0.15, 0.2) is 5.82 Å². The molecule has 1 aromatic carbocycles. The van der Waals surface area contributed by atoms with Gasteiger partial charge in [0.2, 0.25) is 0 Å². The molecule has 2 aromatic rings. The van der Waals surface area contributed by atoms with Crippen LogP contribution in [0, 0.1) is 6.92 Å². The second-order valence-electron chi connectivity index (χ2n) is 5.02. The van der Waals surface area contributed by atoms with Crippen molar-refractivity contribution in [1.29, 1.82) is 0 Å². The predicted molar refractivity (Wildman–Crippen MR) is 75.1 cm³/mol. The van der Waals surface area contributed by atoms with Crippen LogP contribution in [0.25, 0.3) is 11.4 Å². The van der Waals surface area contributed by atoms with E-state index in [0.717, 1.165) is 22.6 Å². The number of nitrogen functional groups attached to an aromatic ring is 1. The third-order valence-electron chi connectivity index (χ3n) is 3.36. The van der Waals surface area contributed by atoms with Crippen LogP contribution in [0.5, 0.6) is 5.75 Å². The molecule has 1 aromatic heterocycles. The normalized spacial score (nSPS) is 14.4. The summed E-state index contributed by atoms with van der Waals surface area (Å²) in [7, 11) is 1.66. The Morgan fingerprint density at radius 2 is 2.00 bits per heavy atom. The van der Waals surface area contributed by atoms with Crippen LogP contribution in [0.1, 0.15) is 30.0 Å². The second-order valence-corrected chi connectivity index (χ2v) is 5.02. The maximum atomic E-state index is 5.89. The molecular formula is C15H17N3O. The number of ether oxygens (including phenoxy) is 1. The Morgan fingerprint density at radius 1 is 1.21 bits per heavy atom. The summed E-state index contributed by atoms with van der Waals surface area (Å²) in [5, 5.41) is 0. The highest BCUT2D eigenvalue weighted by Gasteiger charge is 2.26. The van der Waals surface area contributed by atoms with Gasteiger partial charge in [-0.25, -0.2) is 9.97 Å². The van der Waals surface area contributed by atoms with Gasteiger partial charge in [-0.3, -0.25) is 0 Å². The molecule has 0 spiro atoms. The lowest BCUT2D eigenvalue weighted by Crippen LogP contribution is -2.01. The van der Waals surface area contributed by atoms with Gasteiger partial charge in [0.25, 0.3) is 0 Å². The van der Waals surface area contributed by atoms with Gasteiger partial charge in [-0.15, -0.1) is 0 Å². The van der Waals surface area contributed by atoms with Gasteiger partial charge in [0.05, 0.1) is 12.7 Å². The van der Waals surface area contributed by atoms with Crippen molar-refractivity contribution in [3.8, 4) is 17.1 Å². The van der Waals surface area contributed by atoms with E-state index >= 15 is 0 Å². The number of benzene rings is 1. The van der Waals surface area contributed by atoms with E-state index in [1.165, 1.54) is 12.8 Å². The van der Waals surface area contributed by atoms with Crippen molar-refractivity contribution < 1.29 is 4.74 Å². The smallest absolute Gasteiger partial charge is 0.165 e. The van der Waals surface area contributed by atoms with Gasteiger partial charge in [-0.2, -0.15) is 0 Å². The lowest BCUT2D eigenvalue weighted by molar-refractivity contribution is 0.416. The zero-order chi connectivity index (χ0) is 13.4. The Balaban J connectivity index is 2.10. The largest absolute Gasteiger partial charge is 0.496 e. The van der Waals surface area contributed by atoms with Gasteiger partial charge in [0.1, 0.15) is 11.6 Å². The molecule has 2 N–H and O–H groups in total.